The molecule has 0 amide bonds. The minimum absolute atomic E-state index is 0.513. The second-order valence-electron chi connectivity index (χ2n) is 4.59. The van der Waals surface area contributed by atoms with E-state index in [4.69, 9.17) is 17.0 Å². The molecule has 0 aliphatic carbocycles. The Hall–Kier alpha value is -1.62. The summed E-state index contributed by atoms with van der Waals surface area (Å²) in [4.78, 5) is 0. The van der Waals surface area contributed by atoms with Crippen LogP contribution in [0.15, 0.2) is 24.3 Å². The van der Waals surface area contributed by atoms with Gasteiger partial charge in [-0.1, -0.05) is 26.0 Å². The van der Waals surface area contributed by atoms with E-state index in [-0.39, 0.29) is 0 Å². The lowest BCUT2D eigenvalue weighted by molar-refractivity contribution is 0.415. The third kappa shape index (κ3) is 2.61. The molecular formula is C13H17N3OS. The summed E-state index contributed by atoms with van der Waals surface area (Å²) in [6, 6.07) is 7.83. The monoisotopic (exact) mass is 263 g/mol. The molecule has 18 heavy (non-hydrogen) atoms. The van der Waals surface area contributed by atoms with Gasteiger partial charge >= 0.3 is 0 Å². The van der Waals surface area contributed by atoms with Gasteiger partial charge in [-0.2, -0.15) is 5.10 Å². The third-order valence-electron chi connectivity index (χ3n) is 2.63. The van der Waals surface area contributed by atoms with Gasteiger partial charge in [0, 0.05) is 12.1 Å². The smallest absolute Gasteiger partial charge is 0.195 e. The molecule has 96 valence electrons. The Labute approximate surface area is 112 Å². The van der Waals surface area contributed by atoms with Crippen LogP contribution in [0.3, 0.4) is 0 Å². The number of aromatic amines is 1. The number of rotatable bonds is 4. The predicted octanol–water partition coefficient (Wildman–Crippen LogP) is 3.27. The molecule has 0 saturated heterocycles. The molecule has 1 aromatic carbocycles. The molecule has 5 heteroatoms. The Kier molecular flexibility index (Phi) is 3.81. The van der Waals surface area contributed by atoms with E-state index in [9.17, 15) is 0 Å². The number of hydrogen-bond acceptors (Lipinski definition) is 3. The first-order chi connectivity index (χ1) is 8.61. The molecule has 0 unspecified atom stereocenters. The van der Waals surface area contributed by atoms with E-state index in [1.807, 2.05) is 28.8 Å². The summed E-state index contributed by atoms with van der Waals surface area (Å²) in [5.41, 5.74) is 1.00. The SMILES string of the molecule is COc1cccc(-c2n[nH]c(=S)n2CC(C)C)c1. The fourth-order valence-corrected chi connectivity index (χ4v) is 2.04. The van der Waals surface area contributed by atoms with Crippen LogP contribution >= 0.6 is 12.2 Å². The Bertz CT molecular complexity index is 586. The highest BCUT2D eigenvalue weighted by Gasteiger charge is 2.10. The van der Waals surface area contributed by atoms with Crippen molar-refractivity contribution in [3.63, 3.8) is 0 Å². The molecule has 1 heterocycles. The van der Waals surface area contributed by atoms with Crippen molar-refractivity contribution in [3.05, 3.63) is 29.0 Å². The second-order valence-corrected chi connectivity index (χ2v) is 4.98. The standard InChI is InChI=1S/C13H17N3OS/c1-9(2)8-16-12(14-15-13(16)18)10-5-4-6-11(7-10)17-3/h4-7,9H,8H2,1-3H3,(H,15,18). The second kappa shape index (κ2) is 5.35. The van der Waals surface area contributed by atoms with Crippen molar-refractivity contribution in [2.75, 3.05) is 7.11 Å². The van der Waals surface area contributed by atoms with Gasteiger partial charge in [0.15, 0.2) is 10.6 Å². The van der Waals surface area contributed by atoms with Crippen LogP contribution in [0, 0.1) is 10.7 Å². The Morgan fingerprint density at radius 2 is 2.22 bits per heavy atom. The number of H-pyrrole nitrogens is 1. The number of aromatic nitrogens is 3. The number of nitrogens with one attached hydrogen (secondary N) is 1. The van der Waals surface area contributed by atoms with E-state index in [1.54, 1.807) is 7.11 Å². The van der Waals surface area contributed by atoms with Crippen LogP contribution in [-0.4, -0.2) is 21.9 Å². The largest absolute Gasteiger partial charge is 0.497 e. The lowest BCUT2D eigenvalue weighted by atomic mass is 10.2. The van der Waals surface area contributed by atoms with Crippen molar-refractivity contribution < 1.29 is 4.74 Å². The maximum Gasteiger partial charge on any atom is 0.195 e. The molecule has 0 aliphatic rings. The fraction of sp³-hybridized carbons (Fsp3) is 0.385. The van der Waals surface area contributed by atoms with Gasteiger partial charge in [-0.15, -0.1) is 0 Å². The first kappa shape index (κ1) is 12.8. The third-order valence-corrected chi connectivity index (χ3v) is 2.95. The summed E-state index contributed by atoms with van der Waals surface area (Å²) < 4.78 is 7.91. The van der Waals surface area contributed by atoms with Gasteiger partial charge in [0.05, 0.1) is 7.11 Å². The van der Waals surface area contributed by atoms with Crippen LogP contribution in [0.25, 0.3) is 11.4 Å². The van der Waals surface area contributed by atoms with Crippen LogP contribution in [0.1, 0.15) is 13.8 Å². The summed E-state index contributed by atoms with van der Waals surface area (Å²) in [5.74, 6) is 2.18. The van der Waals surface area contributed by atoms with E-state index in [0.717, 1.165) is 23.7 Å². The van der Waals surface area contributed by atoms with Crippen molar-refractivity contribution in [3.8, 4) is 17.1 Å². The fourth-order valence-electron chi connectivity index (χ4n) is 1.83. The van der Waals surface area contributed by atoms with Gasteiger partial charge in [-0.3, -0.25) is 9.67 Å². The normalized spacial score (nSPS) is 10.9. The van der Waals surface area contributed by atoms with E-state index in [2.05, 4.69) is 24.0 Å². The highest BCUT2D eigenvalue weighted by atomic mass is 32.1. The zero-order valence-corrected chi connectivity index (χ0v) is 11.6. The zero-order valence-electron chi connectivity index (χ0n) is 10.8. The van der Waals surface area contributed by atoms with Gasteiger partial charge in [0.25, 0.3) is 0 Å². The van der Waals surface area contributed by atoms with Gasteiger partial charge in [0.1, 0.15) is 5.75 Å². The first-order valence-corrected chi connectivity index (χ1v) is 6.32. The Morgan fingerprint density at radius 1 is 1.44 bits per heavy atom. The van der Waals surface area contributed by atoms with Crippen molar-refractivity contribution in [2.45, 2.75) is 20.4 Å². The average molecular weight is 263 g/mol. The number of nitrogens with zero attached hydrogens (tertiary/aromatic N) is 2. The van der Waals surface area contributed by atoms with E-state index in [1.165, 1.54) is 0 Å². The maximum atomic E-state index is 5.27. The summed E-state index contributed by atoms with van der Waals surface area (Å²) in [5, 5.41) is 7.16. The highest BCUT2D eigenvalue weighted by Crippen LogP contribution is 2.22. The molecular weight excluding hydrogens is 246 g/mol. The molecule has 0 radical (unpaired) electrons. The summed E-state index contributed by atoms with van der Waals surface area (Å²) in [7, 11) is 1.66. The first-order valence-electron chi connectivity index (χ1n) is 5.91. The van der Waals surface area contributed by atoms with E-state index < -0.39 is 0 Å². The lowest BCUT2D eigenvalue weighted by Gasteiger charge is -2.10. The Morgan fingerprint density at radius 3 is 2.89 bits per heavy atom. The van der Waals surface area contributed by atoms with Gasteiger partial charge in [-0.05, 0) is 30.3 Å². The molecule has 1 aromatic heterocycles. The van der Waals surface area contributed by atoms with Gasteiger partial charge in [0.2, 0.25) is 0 Å². The molecule has 0 spiro atoms. The minimum Gasteiger partial charge on any atom is -0.497 e. The average Bonchev–Trinajstić information content (AvgIpc) is 2.71. The molecule has 0 aliphatic heterocycles. The summed E-state index contributed by atoms with van der Waals surface area (Å²) in [6.45, 7) is 5.16. The van der Waals surface area contributed by atoms with E-state index >= 15 is 0 Å². The minimum atomic E-state index is 0.513. The van der Waals surface area contributed by atoms with Crippen LogP contribution in [0.4, 0.5) is 0 Å². The quantitative estimate of drug-likeness (QED) is 0.861. The van der Waals surface area contributed by atoms with Crippen LogP contribution in [0.2, 0.25) is 0 Å². The van der Waals surface area contributed by atoms with Crippen LogP contribution in [0.5, 0.6) is 5.75 Å². The molecule has 0 fully saturated rings. The molecule has 0 bridgehead atoms. The number of benzene rings is 1. The molecule has 1 N–H and O–H groups in total. The molecule has 2 aromatic rings. The molecule has 0 atom stereocenters. The summed E-state index contributed by atoms with van der Waals surface area (Å²) >= 11 is 5.27. The predicted molar refractivity (Wildman–Crippen MR) is 74.2 cm³/mol. The van der Waals surface area contributed by atoms with Crippen LogP contribution in [-0.2, 0) is 6.54 Å². The van der Waals surface area contributed by atoms with Crippen molar-refractivity contribution in [1.82, 2.24) is 14.8 Å². The topological polar surface area (TPSA) is 42.8 Å². The zero-order chi connectivity index (χ0) is 13.1. The van der Waals surface area contributed by atoms with Gasteiger partial charge < -0.3 is 4.74 Å². The lowest BCUT2D eigenvalue weighted by Crippen LogP contribution is -2.06. The summed E-state index contributed by atoms with van der Waals surface area (Å²) in [6.07, 6.45) is 0. The van der Waals surface area contributed by atoms with E-state index in [0.29, 0.717) is 10.7 Å². The van der Waals surface area contributed by atoms with Crippen LogP contribution < -0.4 is 4.74 Å². The molecule has 4 nitrogen and oxygen atoms in total. The number of ether oxygens (including phenoxy) is 1. The Balaban J connectivity index is 2.46. The number of hydrogen-bond donors (Lipinski definition) is 1. The van der Waals surface area contributed by atoms with Crippen molar-refractivity contribution in [1.29, 1.82) is 0 Å². The molecule has 0 saturated carbocycles. The van der Waals surface area contributed by atoms with Crippen molar-refractivity contribution in [2.24, 2.45) is 5.92 Å². The maximum absolute atomic E-state index is 5.27. The highest BCUT2D eigenvalue weighted by molar-refractivity contribution is 7.71. The number of methoxy groups -OCH3 is 1. The molecule has 2 rings (SSSR count). The van der Waals surface area contributed by atoms with Gasteiger partial charge in [-0.25, -0.2) is 0 Å². The van der Waals surface area contributed by atoms with Crippen molar-refractivity contribution >= 4 is 12.2 Å².